The Morgan fingerprint density at radius 1 is 1.22 bits per heavy atom. The van der Waals surface area contributed by atoms with Crippen molar-refractivity contribution in [1.82, 2.24) is 4.98 Å². The van der Waals surface area contributed by atoms with E-state index in [4.69, 9.17) is 14.2 Å². The molecule has 1 amide bonds. The molecule has 0 saturated carbocycles. The van der Waals surface area contributed by atoms with E-state index in [1.54, 1.807) is 30.6 Å². The van der Waals surface area contributed by atoms with Crippen LogP contribution in [0.4, 0.5) is 10.8 Å². The number of fused-ring (bicyclic) bond motifs is 2. The number of carbonyl (C=O) groups is 1. The van der Waals surface area contributed by atoms with E-state index in [0.717, 1.165) is 26.8 Å². The molecule has 138 valence electrons. The van der Waals surface area contributed by atoms with Crippen LogP contribution in [-0.4, -0.2) is 37.9 Å². The number of aromatic nitrogens is 1. The normalized spacial score (nSPS) is 15.7. The first-order valence-corrected chi connectivity index (χ1v) is 9.41. The summed E-state index contributed by atoms with van der Waals surface area (Å²) in [7, 11) is 1.65. The van der Waals surface area contributed by atoms with Gasteiger partial charge in [0.05, 0.1) is 23.2 Å². The fourth-order valence-corrected chi connectivity index (χ4v) is 4.14. The molecule has 2 aromatic carbocycles. The fraction of sp³-hybridized carbons (Fsp3) is 0.263. The molecule has 0 radical (unpaired) electrons. The SMILES string of the molecule is COc1ccc2sc(N3CC(C(=O)Nc4ccc5c(c4)OCO5)C3)nc2c1. The third kappa shape index (κ3) is 2.91. The van der Waals surface area contributed by atoms with Crippen LogP contribution in [0, 0.1) is 5.92 Å². The minimum absolute atomic E-state index is 0.00731. The van der Waals surface area contributed by atoms with Crippen molar-refractivity contribution in [3.63, 3.8) is 0 Å². The van der Waals surface area contributed by atoms with Crippen LogP contribution in [0.3, 0.4) is 0 Å². The van der Waals surface area contributed by atoms with Gasteiger partial charge >= 0.3 is 0 Å². The monoisotopic (exact) mass is 383 g/mol. The van der Waals surface area contributed by atoms with Crippen molar-refractivity contribution in [3.05, 3.63) is 36.4 Å². The molecule has 1 fully saturated rings. The van der Waals surface area contributed by atoms with Gasteiger partial charge in [-0.05, 0) is 24.3 Å². The van der Waals surface area contributed by atoms with Crippen molar-refractivity contribution in [2.24, 2.45) is 5.92 Å². The molecule has 0 unspecified atom stereocenters. The van der Waals surface area contributed by atoms with Gasteiger partial charge in [0.2, 0.25) is 12.7 Å². The lowest BCUT2D eigenvalue weighted by molar-refractivity contribution is -0.120. The van der Waals surface area contributed by atoms with Crippen LogP contribution in [0.2, 0.25) is 0 Å². The predicted octanol–water partition coefficient (Wildman–Crippen LogP) is 3.11. The summed E-state index contributed by atoms with van der Waals surface area (Å²) >= 11 is 1.63. The first-order valence-electron chi connectivity index (χ1n) is 8.59. The molecule has 0 bridgehead atoms. The maximum atomic E-state index is 12.5. The van der Waals surface area contributed by atoms with Gasteiger partial charge in [-0.3, -0.25) is 4.79 Å². The van der Waals surface area contributed by atoms with Crippen molar-refractivity contribution in [1.29, 1.82) is 0 Å². The zero-order valence-electron chi connectivity index (χ0n) is 14.6. The Morgan fingerprint density at radius 2 is 2.07 bits per heavy atom. The highest BCUT2D eigenvalue weighted by Gasteiger charge is 2.34. The lowest BCUT2D eigenvalue weighted by Crippen LogP contribution is -2.52. The highest BCUT2D eigenvalue weighted by atomic mass is 32.1. The van der Waals surface area contributed by atoms with E-state index in [2.05, 4.69) is 15.2 Å². The maximum Gasteiger partial charge on any atom is 0.231 e. The average Bonchev–Trinajstić information content (AvgIpc) is 3.25. The summed E-state index contributed by atoms with van der Waals surface area (Å²) in [4.78, 5) is 19.3. The van der Waals surface area contributed by atoms with Gasteiger partial charge in [-0.25, -0.2) is 4.98 Å². The lowest BCUT2D eigenvalue weighted by Gasteiger charge is -2.37. The Hall–Kier alpha value is -3.00. The quantitative estimate of drug-likeness (QED) is 0.746. The predicted molar refractivity (Wildman–Crippen MR) is 103 cm³/mol. The van der Waals surface area contributed by atoms with Gasteiger partial charge in [-0.15, -0.1) is 0 Å². The standard InChI is InChI=1S/C19H17N3O4S/c1-24-13-3-5-17-14(7-13)21-19(27-17)22-8-11(9-22)18(23)20-12-2-4-15-16(6-12)26-10-25-15/h2-7,11H,8-10H2,1H3,(H,20,23). The first-order chi connectivity index (χ1) is 13.2. The highest BCUT2D eigenvalue weighted by Crippen LogP contribution is 2.36. The highest BCUT2D eigenvalue weighted by molar-refractivity contribution is 7.22. The molecule has 3 heterocycles. The van der Waals surface area contributed by atoms with Gasteiger partial charge in [-0.2, -0.15) is 0 Å². The van der Waals surface area contributed by atoms with Gasteiger partial charge in [0, 0.05) is 30.9 Å². The molecule has 3 aromatic rings. The summed E-state index contributed by atoms with van der Waals surface area (Å²) in [5.41, 5.74) is 1.64. The molecule has 0 spiro atoms. The maximum absolute atomic E-state index is 12.5. The van der Waals surface area contributed by atoms with Crippen molar-refractivity contribution in [2.45, 2.75) is 0 Å². The van der Waals surface area contributed by atoms with E-state index in [-0.39, 0.29) is 18.6 Å². The zero-order valence-corrected chi connectivity index (χ0v) is 15.4. The van der Waals surface area contributed by atoms with Crippen LogP contribution in [0.25, 0.3) is 10.2 Å². The number of amides is 1. The molecule has 27 heavy (non-hydrogen) atoms. The molecular formula is C19H17N3O4S. The zero-order chi connectivity index (χ0) is 18.4. The molecule has 0 aliphatic carbocycles. The molecule has 2 aliphatic heterocycles. The molecule has 2 aliphatic rings. The number of ether oxygens (including phenoxy) is 3. The Bertz CT molecular complexity index is 1030. The molecule has 8 heteroatoms. The summed E-state index contributed by atoms with van der Waals surface area (Å²) in [5, 5.41) is 3.89. The Balaban J connectivity index is 1.23. The molecule has 5 rings (SSSR count). The van der Waals surface area contributed by atoms with Crippen LogP contribution in [0.15, 0.2) is 36.4 Å². The number of benzene rings is 2. The molecular weight excluding hydrogens is 366 g/mol. The summed E-state index contributed by atoms with van der Waals surface area (Å²) in [6.07, 6.45) is 0. The second kappa shape index (κ2) is 6.31. The number of anilines is 2. The summed E-state index contributed by atoms with van der Waals surface area (Å²) in [6.45, 7) is 1.54. The van der Waals surface area contributed by atoms with Crippen molar-refractivity contribution in [2.75, 3.05) is 37.2 Å². The lowest BCUT2D eigenvalue weighted by atomic mass is 10.00. The number of hydrogen-bond donors (Lipinski definition) is 1. The molecule has 1 aromatic heterocycles. The molecule has 1 saturated heterocycles. The van der Waals surface area contributed by atoms with E-state index in [1.165, 1.54) is 0 Å². The third-order valence-electron chi connectivity index (χ3n) is 4.75. The van der Waals surface area contributed by atoms with Crippen LogP contribution in [-0.2, 0) is 4.79 Å². The number of nitrogens with one attached hydrogen (secondary N) is 1. The fourth-order valence-electron chi connectivity index (χ4n) is 3.18. The largest absolute Gasteiger partial charge is 0.497 e. The second-order valence-electron chi connectivity index (χ2n) is 6.49. The van der Waals surface area contributed by atoms with Crippen molar-refractivity contribution < 1.29 is 19.0 Å². The number of rotatable bonds is 4. The van der Waals surface area contributed by atoms with Crippen molar-refractivity contribution >= 4 is 38.3 Å². The van der Waals surface area contributed by atoms with Gasteiger partial charge in [-0.1, -0.05) is 11.3 Å². The van der Waals surface area contributed by atoms with Crippen molar-refractivity contribution in [3.8, 4) is 17.2 Å². The van der Waals surface area contributed by atoms with Crippen LogP contribution >= 0.6 is 11.3 Å². The van der Waals surface area contributed by atoms with Crippen LogP contribution in [0.5, 0.6) is 17.2 Å². The summed E-state index contributed by atoms with van der Waals surface area (Å²) in [5.74, 6) is 2.11. The third-order valence-corrected chi connectivity index (χ3v) is 5.84. The smallest absolute Gasteiger partial charge is 0.231 e. The Kier molecular flexibility index (Phi) is 3.78. The summed E-state index contributed by atoms with van der Waals surface area (Å²) < 4.78 is 17.0. The number of nitrogens with zero attached hydrogens (tertiary/aromatic N) is 2. The minimum Gasteiger partial charge on any atom is -0.497 e. The number of carbonyl (C=O) groups excluding carboxylic acids is 1. The van der Waals surface area contributed by atoms with Gasteiger partial charge in [0.15, 0.2) is 16.6 Å². The average molecular weight is 383 g/mol. The van der Waals surface area contributed by atoms with E-state index in [9.17, 15) is 4.79 Å². The van der Waals surface area contributed by atoms with E-state index >= 15 is 0 Å². The number of hydrogen-bond acceptors (Lipinski definition) is 7. The van der Waals surface area contributed by atoms with Crippen LogP contribution in [0.1, 0.15) is 0 Å². The Morgan fingerprint density at radius 3 is 2.93 bits per heavy atom. The number of thiazole rings is 1. The topological polar surface area (TPSA) is 72.9 Å². The Labute approximate surface area is 159 Å². The molecule has 7 nitrogen and oxygen atoms in total. The van der Waals surface area contributed by atoms with Gasteiger partial charge in [0.1, 0.15) is 5.75 Å². The first kappa shape index (κ1) is 16.2. The minimum atomic E-state index is -0.0584. The molecule has 0 atom stereocenters. The van der Waals surface area contributed by atoms with Crippen LogP contribution < -0.4 is 24.4 Å². The van der Waals surface area contributed by atoms with E-state index in [1.807, 2.05) is 24.3 Å². The van der Waals surface area contributed by atoms with Gasteiger partial charge < -0.3 is 24.4 Å². The second-order valence-corrected chi connectivity index (χ2v) is 7.50. The van der Waals surface area contributed by atoms with Gasteiger partial charge in [0.25, 0.3) is 0 Å². The van der Waals surface area contributed by atoms with E-state index in [0.29, 0.717) is 24.6 Å². The molecule has 1 N–H and O–H groups in total. The summed E-state index contributed by atoms with van der Waals surface area (Å²) in [6, 6.07) is 11.3. The van der Waals surface area contributed by atoms with E-state index < -0.39 is 0 Å². The number of methoxy groups -OCH3 is 1.